The molecule has 3 nitrogen and oxygen atoms in total. The number of aryl methyl sites for hydroxylation is 2. The largest absolute Gasteiger partial charge is 0.453 e. The molecule has 21 heavy (non-hydrogen) atoms. The molecule has 0 radical (unpaired) electrons. The number of hydrogen-bond donors (Lipinski definition) is 0. The van der Waals surface area contributed by atoms with Crippen LogP contribution >= 0.6 is 0 Å². The van der Waals surface area contributed by atoms with Crippen LogP contribution in [-0.4, -0.2) is 11.6 Å². The maximum atomic E-state index is 12.4. The van der Waals surface area contributed by atoms with Gasteiger partial charge >= 0.3 is 0 Å². The lowest BCUT2D eigenvalue weighted by Crippen LogP contribution is -2.20. The van der Waals surface area contributed by atoms with Crippen molar-refractivity contribution in [3.05, 3.63) is 76.6 Å². The van der Waals surface area contributed by atoms with E-state index in [2.05, 4.69) is 0 Å². The quantitative estimate of drug-likeness (QED) is 0.842. The van der Waals surface area contributed by atoms with Gasteiger partial charge in [-0.15, -0.1) is 0 Å². The van der Waals surface area contributed by atoms with E-state index in [0.717, 1.165) is 11.1 Å². The van der Waals surface area contributed by atoms with Crippen molar-refractivity contribution in [1.82, 2.24) is 0 Å². The highest BCUT2D eigenvalue weighted by molar-refractivity contribution is 6.23. The van der Waals surface area contributed by atoms with Crippen LogP contribution in [0.5, 0.6) is 5.75 Å². The van der Waals surface area contributed by atoms with Crippen molar-refractivity contribution < 1.29 is 14.3 Å². The van der Waals surface area contributed by atoms with E-state index in [4.69, 9.17) is 4.74 Å². The fraction of sp³-hybridized carbons (Fsp3) is 0.111. The van der Waals surface area contributed by atoms with Gasteiger partial charge in [0, 0.05) is 17.2 Å². The standard InChI is InChI=1S/C18H14O3/c1-11-3-6-13(7-4-11)21-17-10-16(19)15-9-12(2)5-8-14(15)18(17)20/h3-10H,1-2H3. The number of carbonyl (C=O) groups is 2. The molecule has 0 unspecified atom stereocenters. The van der Waals surface area contributed by atoms with E-state index in [0.29, 0.717) is 16.9 Å². The molecule has 0 aliphatic heterocycles. The van der Waals surface area contributed by atoms with Crippen LogP contribution in [-0.2, 0) is 0 Å². The Labute approximate surface area is 122 Å². The molecular formula is C18H14O3. The summed E-state index contributed by atoms with van der Waals surface area (Å²) in [4.78, 5) is 24.5. The molecule has 2 aromatic carbocycles. The average Bonchev–Trinajstić information content (AvgIpc) is 2.47. The molecule has 0 saturated heterocycles. The maximum absolute atomic E-state index is 12.4. The zero-order valence-electron chi connectivity index (χ0n) is 11.8. The monoisotopic (exact) mass is 278 g/mol. The summed E-state index contributed by atoms with van der Waals surface area (Å²) in [7, 11) is 0. The number of ketones is 2. The van der Waals surface area contributed by atoms with Gasteiger partial charge in [0.2, 0.25) is 5.78 Å². The number of ether oxygens (including phenoxy) is 1. The van der Waals surface area contributed by atoms with E-state index in [9.17, 15) is 9.59 Å². The first kappa shape index (κ1) is 13.3. The topological polar surface area (TPSA) is 43.4 Å². The van der Waals surface area contributed by atoms with Gasteiger partial charge in [0.1, 0.15) is 5.75 Å². The van der Waals surface area contributed by atoms with Crippen LogP contribution in [0.4, 0.5) is 0 Å². The third-order valence-electron chi connectivity index (χ3n) is 3.42. The Morgan fingerprint density at radius 1 is 0.810 bits per heavy atom. The van der Waals surface area contributed by atoms with Gasteiger partial charge in [-0.1, -0.05) is 29.3 Å². The third kappa shape index (κ3) is 2.50. The predicted octanol–water partition coefficient (Wildman–Crippen LogP) is 3.65. The van der Waals surface area contributed by atoms with E-state index < -0.39 is 0 Å². The molecule has 0 bridgehead atoms. The van der Waals surface area contributed by atoms with Crippen molar-refractivity contribution in [1.29, 1.82) is 0 Å². The van der Waals surface area contributed by atoms with Crippen LogP contribution in [0.1, 0.15) is 31.8 Å². The maximum Gasteiger partial charge on any atom is 0.229 e. The molecular weight excluding hydrogens is 264 g/mol. The summed E-state index contributed by atoms with van der Waals surface area (Å²) < 4.78 is 5.57. The van der Waals surface area contributed by atoms with Crippen molar-refractivity contribution in [3.8, 4) is 5.75 Å². The van der Waals surface area contributed by atoms with Gasteiger partial charge in [-0.2, -0.15) is 0 Å². The van der Waals surface area contributed by atoms with Gasteiger partial charge in [-0.3, -0.25) is 9.59 Å². The van der Waals surface area contributed by atoms with Gasteiger partial charge in [-0.25, -0.2) is 0 Å². The van der Waals surface area contributed by atoms with Crippen LogP contribution in [0.15, 0.2) is 54.3 Å². The molecule has 0 amide bonds. The minimum atomic E-state index is -0.259. The number of benzene rings is 2. The predicted molar refractivity (Wildman–Crippen MR) is 79.7 cm³/mol. The molecule has 0 fully saturated rings. The van der Waals surface area contributed by atoms with Crippen LogP contribution in [0.2, 0.25) is 0 Å². The van der Waals surface area contributed by atoms with Crippen molar-refractivity contribution in [2.45, 2.75) is 13.8 Å². The van der Waals surface area contributed by atoms with Gasteiger partial charge in [0.15, 0.2) is 11.5 Å². The molecule has 0 N–H and O–H groups in total. The lowest BCUT2D eigenvalue weighted by atomic mass is 9.92. The Morgan fingerprint density at radius 2 is 1.48 bits per heavy atom. The summed E-state index contributed by atoms with van der Waals surface area (Å²) in [5, 5.41) is 0. The summed E-state index contributed by atoms with van der Waals surface area (Å²) in [5.41, 5.74) is 2.89. The van der Waals surface area contributed by atoms with Gasteiger partial charge in [-0.05, 0) is 38.1 Å². The Hall–Kier alpha value is -2.68. The summed E-state index contributed by atoms with van der Waals surface area (Å²) >= 11 is 0. The molecule has 0 saturated carbocycles. The summed E-state index contributed by atoms with van der Waals surface area (Å²) in [6.07, 6.45) is 1.27. The second-order valence-electron chi connectivity index (χ2n) is 5.17. The fourth-order valence-corrected chi connectivity index (χ4v) is 2.26. The Balaban J connectivity index is 1.95. The molecule has 3 rings (SSSR count). The SMILES string of the molecule is Cc1ccc(OC2=CC(=O)c3cc(C)ccc3C2=O)cc1. The molecule has 0 atom stereocenters. The number of rotatable bonds is 2. The van der Waals surface area contributed by atoms with Crippen molar-refractivity contribution in [3.63, 3.8) is 0 Å². The van der Waals surface area contributed by atoms with E-state index in [-0.39, 0.29) is 17.3 Å². The highest BCUT2D eigenvalue weighted by atomic mass is 16.5. The summed E-state index contributed by atoms with van der Waals surface area (Å²) in [6, 6.07) is 12.6. The first-order valence-corrected chi connectivity index (χ1v) is 6.70. The lowest BCUT2D eigenvalue weighted by molar-refractivity contribution is 0.0946. The Bertz CT molecular complexity index is 768. The number of allylic oxidation sites excluding steroid dienone is 2. The van der Waals surface area contributed by atoms with E-state index in [1.807, 2.05) is 32.0 Å². The van der Waals surface area contributed by atoms with Crippen molar-refractivity contribution in [2.75, 3.05) is 0 Å². The van der Waals surface area contributed by atoms with Gasteiger partial charge < -0.3 is 4.74 Å². The smallest absolute Gasteiger partial charge is 0.229 e. The fourth-order valence-electron chi connectivity index (χ4n) is 2.26. The van der Waals surface area contributed by atoms with E-state index in [1.165, 1.54) is 6.08 Å². The lowest BCUT2D eigenvalue weighted by Gasteiger charge is -2.16. The molecule has 2 aromatic rings. The molecule has 0 spiro atoms. The highest BCUT2D eigenvalue weighted by Gasteiger charge is 2.27. The molecule has 0 heterocycles. The molecule has 104 valence electrons. The van der Waals surface area contributed by atoms with Gasteiger partial charge in [0.25, 0.3) is 0 Å². The molecule has 1 aliphatic carbocycles. The first-order chi connectivity index (χ1) is 10.0. The summed E-state index contributed by atoms with van der Waals surface area (Å²) in [6.45, 7) is 3.86. The number of fused-ring (bicyclic) bond motifs is 1. The van der Waals surface area contributed by atoms with Crippen molar-refractivity contribution in [2.24, 2.45) is 0 Å². The second kappa shape index (κ2) is 5.02. The Morgan fingerprint density at radius 3 is 2.19 bits per heavy atom. The van der Waals surface area contributed by atoms with Crippen LogP contribution in [0, 0.1) is 13.8 Å². The highest BCUT2D eigenvalue weighted by Crippen LogP contribution is 2.25. The van der Waals surface area contributed by atoms with Crippen molar-refractivity contribution >= 4 is 11.6 Å². The summed E-state index contributed by atoms with van der Waals surface area (Å²) in [5.74, 6) is 0.157. The van der Waals surface area contributed by atoms with Crippen LogP contribution in [0.25, 0.3) is 0 Å². The molecule has 0 aromatic heterocycles. The van der Waals surface area contributed by atoms with Crippen LogP contribution < -0.4 is 4.74 Å². The zero-order valence-corrected chi connectivity index (χ0v) is 11.8. The molecule has 3 heteroatoms. The van der Waals surface area contributed by atoms with E-state index in [1.54, 1.807) is 24.3 Å². The number of Topliss-reactive ketones (excluding diaryl/α,β-unsaturated/α-hetero) is 1. The second-order valence-corrected chi connectivity index (χ2v) is 5.17. The van der Waals surface area contributed by atoms with Gasteiger partial charge in [0.05, 0.1) is 0 Å². The minimum absolute atomic E-state index is 0.0696. The number of hydrogen-bond acceptors (Lipinski definition) is 3. The first-order valence-electron chi connectivity index (χ1n) is 6.70. The van der Waals surface area contributed by atoms with Crippen LogP contribution in [0.3, 0.4) is 0 Å². The minimum Gasteiger partial charge on any atom is -0.453 e. The normalized spacial score (nSPS) is 13.7. The third-order valence-corrected chi connectivity index (χ3v) is 3.42. The average molecular weight is 278 g/mol. The Kier molecular flexibility index (Phi) is 3.18. The van der Waals surface area contributed by atoms with E-state index >= 15 is 0 Å². The number of carbonyl (C=O) groups excluding carboxylic acids is 2. The molecule has 1 aliphatic rings. The zero-order chi connectivity index (χ0) is 15.0.